The van der Waals surface area contributed by atoms with Gasteiger partial charge in [0.05, 0.1) is 0 Å². The Morgan fingerprint density at radius 3 is 2.74 bits per heavy atom. The van der Waals surface area contributed by atoms with Crippen LogP contribution in [-0.4, -0.2) is 45.2 Å². The van der Waals surface area contributed by atoms with Crippen LogP contribution in [0.15, 0.2) is 18.2 Å². The molecule has 1 aliphatic rings. The Bertz CT molecular complexity index is 401. The molecular weight excluding hydrogens is 234 g/mol. The van der Waals surface area contributed by atoms with Crippen molar-refractivity contribution in [3.63, 3.8) is 0 Å². The lowest BCUT2D eigenvalue weighted by Gasteiger charge is -2.30. The molecule has 0 amide bonds. The van der Waals surface area contributed by atoms with Crippen molar-refractivity contribution in [2.24, 2.45) is 0 Å². The maximum Gasteiger partial charge on any atom is 0.0415 e. The Labute approximate surface area is 117 Å². The van der Waals surface area contributed by atoms with E-state index in [0.29, 0.717) is 0 Å². The Balaban J connectivity index is 2.20. The molecule has 1 aromatic carbocycles. The zero-order chi connectivity index (χ0) is 13.7. The van der Waals surface area contributed by atoms with E-state index in [4.69, 9.17) is 0 Å². The molecule has 1 heterocycles. The molecule has 19 heavy (non-hydrogen) atoms. The predicted octanol–water partition coefficient (Wildman–Crippen LogP) is 2.11. The lowest BCUT2D eigenvalue weighted by Crippen LogP contribution is -2.34. The lowest BCUT2D eigenvalue weighted by atomic mass is 9.98. The molecule has 3 heteroatoms. The molecule has 0 spiro atoms. The van der Waals surface area contributed by atoms with E-state index in [-0.39, 0.29) is 0 Å². The molecule has 0 bridgehead atoms. The summed E-state index contributed by atoms with van der Waals surface area (Å²) in [6.45, 7) is 7.75. The van der Waals surface area contributed by atoms with Crippen LogP contribution in [0.25, 0.3) is 0 Å². The molecular formula is C16H27N3. The summed E-state index contributed by atoms with van der Waals surface area (Å²) >= 11 is 0. The van der Waals surface area contributed by atoms with Crippen molar-refractivity contribution in [1.29, 1.82) is 0 Å². The van der Waals surface area contributed by atoms with E-state index in [0.717, 1.165) is 39.1 Å². The third-order valence-corrected chi connectivity index (χ3v) is 3.77. The summed E-state index contributed by atoms with van der Waals surface area (Å²) in [5.41, 5.74) is 4.48. The van der Waals surface area contributed by atoms with Gasteiger partial charge in [-0.1, -0.05) is 19.1 Å². The van der Waals surface area contributed by atoms with Crippen molar-refractivity contribution < 1.29 is 0 Å². The first kappa shape index (κ1) is 14.4. The molecule has 0 fully saturated rings. The van der Waals surface area contributed by atoms with Gasteiger partial charge in [-0.15, -0.1) is 0 Å². The number of rotatable bonds is 6. The number of likely N-dealkylation sites (N-methyl/N-ethyl adjacent to an activating group) is 1. The highest BCUT2D eigenvalue weighted by molar-refractivity contribution is 5.57. The number of benzene rings is 1. The average molecular weight is 261 g/mol. The van der Waals surface area contributed by atoms with Gasteiger partial charge >= 0.3 is 0 Å². The number of fused-ring (bicyclic) bond motifs is 1. The minimum Gasteiger partial charge on any atom is -0.370 e. The molecule has 3 nitrogen and oxygen atoms in total. The molecule has 106 valence electrons. The van der Waals surface area contributed by atoms with Crippen LogP contribution in [0, 0.1) is 0 Å². The van der Waals surface area contributed by atoms with Gasteiger partial charge in [-0.3, -0.25) is 0 Å². The Morgan fingerprint density at radius 1 is 1.16 bits per heavy atom. The fraction of sp³-hybridized carbons (Fsp3) is 0.625. The normalized spacial score (nSPS) is 14.5. The van der Waals surface area contributed by atoms with E-state index >= 15 is 0 Å². The molecule has 1 aromatic rings. The first-order valence-electron chi connectivity index (χ1n) is 7.43. The maximum absolute atomic E-state index is 3.51. The number of hydrogen-bond donors (Lipinski definition) is 1. The second-order valence-corrected chi connectivity index (χ2v) is 5.63. The number of nitrogens with zero attached hydrogens (tertiary/aromatic N) is 2. The van der Waals surface area contributed by atoms with Crippen LogP contribution in [0.1, 0.15) is 24.5 Å². The van der Waals surface area contributed by atoms with Crippen molar-refractivity contribution in [3.05, 3.63) is 29.3 Å². The monoisotopic (exact) mass is 261 g/mol. The minimum atomic E-state index is 1.02. The number of hydrogen-bond acceptors (Lipinski definition) is 3. The zero-order valence-electron chi connectivity index (χ0n) is 12.6. The summed E-state index contributed by atoms with van der Waals surface area (Å²) in [4.78, 5) is 4.81. The van der Waals surface area contributed by atoms with Gasteiger partial charge in [-0.2, -0.15) is 0 Å². The Hall–Kier alpha value is -1.06. The van der Waals surface area contributed by atoms with Gasteiger partial charge in [0.1, 0.15) is 0 Å². The van der Waals surface area contributed by atoms with E-state index in [9.17, 15) is 0 Å². The van der Waals surface area contributed by atoms with Crippen molar-refractivity contribution in [3.8, 4) is 0 Å². The van der Waals surface area contributed by atoms with Crippen LogP contribution in [0.5, 0.6) is 0 Å². The highest BCUT2D eigenvalue weighted by Gasteiger charge is 2.16. The largest absolute Gasteiger partial charge is 0.370 e. The lowest BCUT2D eigenvalue weighted by molar-refractivity contribution is 0.412. The zero-order valence-corrected chi connectivity index (χ0v) is 12.6. The van der Waals surface area contributed by atoms with E-state index in [1.807, 2.05) is 0 Å². The van der Waals surface area contributed by atoms with Crippen molar-refractivity contribution in [2.75, 3.05) is 45.2 Å². The second-order valence-electron chi connectivity index (χ2n) is 5.63. The van der Waals surface area contributed by atoms with Gasteiger partial charge in [-0.25, -0.2) is 0 Å². The molecule has 0 aliphatic carbocycles. The van der Waals surface area contributed by atoms with Crippen LogP contribution >= 0.6 is 0 Å². The summed E-state index contributed by atoms with van der Waals surface area (Å²) < 4.78 is 0. The smallest absolute Gasteiger partial charge is 0.0415 e. The van der Waals surface area contributed by atoms with E-state index in [2.05, 4.69) is 54.3 Å². The molecule has 0 saturated heterocycles. The Morgan fingerprint density at radius 2 is 2.00 bits per heavy atom. The third kappa shape index (κ3) is 3.71. The van der Waals surface area contributed by atoms with Crippen LogP contribution in [-0.2, 0) is 13.0 Å². The van der Waals surface area contributed by atoms with Crippen LogP contribution < -0.4 is 10.2 Å². The second kappa shape index (κ2) is 6.92. The summed E-state index contributed by atoms with van der Waals surface area (Å²) in [5, 5.41) is 3.51. The summed E-state index contributed by atoms with van der Waals surface area (Å²) in [6, 6.07) is 6.80. The predicted molar refractivity (Wildman–Crippen MR) is 82.9 cm³/mol. The average Bonchev–Trinajstić information content (AvgIpc) is 2.43. The van der Waals surface area contributed by atoms with Crippen LogP contribution in [0.3, 0.4) is 0 Å². The first-order chi connectivity index (χ1) is 9.22. The van der Waals surface area contributed by atoms with Gasteiger partial charge in [0.15, 0.2) is 0 Å². The van der Waals surface area contributed by atoms with Crippen molar-refractivity contribution in [2.45, 2.75) is 26.3 Å². The van der Waals surface area contributed by atoms with Gasteiger partial charge in [0, 0.05) is 31.9 Å². The molecule has 1 aliphatic heterocycles. The van der Waals surface area contributed by atoms with Crippen molar-refractivity contribution >= 4 is 5.69 Å². The van der Waals surface area contributed by atoms with Crippen molar-refractivity contribution in [1.82, 2.24) is 10.2 Å². The fourth-order valence-electron chi connectivity index (χ4n) is 2.74. The van der Waals surface area contributed by atoms with Gasteiger partial charge < -0.3 is 15.1 Å². The summed E-state index contributed by atoms with van der Waals surface area (Å²) in [6.07, 6.45) is 2.36. The van der Waals surface area contributed by atoms with E-state index < -0.39 is 0 Å². The summed E-state index contributed by atoms with van der Waals surface area (Å²) in [7, 11) is 4.29. The van der Waals surface area contributed by atoms with E-state index in [1.54, 1.807) is 0 Å². The number of anilines is 1. The molecule has 1 N–H and O–H groups in total. The minimum absolute atomic E-state index is 1.02. The number of nitrogens with one attached hydrogen (secondary N) is 1. The SMILES string of the molecule is CCCN(CCN(C)C)c1cccc2c1CNCC2. The summed E-state index contributed by atoms with van der Waals surface area (Å²) in [5.74, 6) is 0. The van der Waals surface area contributed by atoms with E-state index in [1.165, 1.54) is 23.2 Å². The van der Waals surface area contributed by atoms with Gasteiger partial charge in [-0.05, 0) is 50.7 Å². The Kier molecular flexibility index (Phi) is 5.23. The van der Waals surface area contributed by atoms with Crippen LogP contribution in [0.4, 0.5) is 5.69 Å². The molecule has 0 atom stereocenters. The van der Waals surface area contributed by atoms with Crippen LogP contribution in [0.2, 0.25) is 0 Å². The maximum atomic E-state index is 3.51. The van der Waals surface area contributed by atoms with Gasteiger partial charge in [0.2, 0.25) is 0 Å². The first-order valence-corrected chi connectivity index (χ1v) is 7.43. The standard InChI is InChI=1S/C16H27N3/c1-4-10-19(12-11-18(2)3)16-7-5-6-14-8-9-17-13-15(14)16/h5-7,17H,4,8-13H2,1-3H3. The highest BCUT2D eigenvalue weighted by atomic mass is 15.2. The molecule has 0 saturated carbocycles. The topological polar surface area (TPSA) is 18.5 Å². The highest BCUT2D eigenvalue weighted by Crippen LogP contribution is 2.26. The molecule has 0 unspecified atom stereocenters. The van der Waals surface area contributed by atoms with Gasteiger partial charge in [0.25, 0.3) is 0 Å². The fourth-order valence-corrected chi connectivity index (χ4v) is 2.74. The third-order valence-electron chi connectivity index (χ3n) is 3.77. The molecule has 0 aromatic heterocycles. The quantitative estimate of drug-likeness (QED) is 0.846. The molecule has 0 radical (unpaired) electrons. The molecule has 2 rings (SSSR count).